The van der Waals surface area contributed by atoms with Crippen molar-refractivity contribution >= 4 is 5.69 Å². The Morgan fingerprint density at radius 3 is 2.45 bits per heavy atom. The van der Waals surface area contributed by atoms with Crippen LogP contribution in [0.25, 0.3) is 11.1 Å². The van der Waals surface area contributed by atoms with E-state index in [0.29, 0.717) is 22.7 Å². The summed E-state index contributed by atoms with van der Waals surface area (Å²) in [5.74, 6) is 0.0625. The molecule has 20 heavy (non-hydrogen) atoms. The first-order chi connectivity index (χ1) is 9.39. The number of aromatic nitrogens is 1. The van der Waals surface area contributed by atoms with E-state index in [4.69, 9.17) is 10.5 Å². The van der Waals surface area contributed by atoms with E-state index in [1.807, 2.05) is 0 Å². The van der Waals surface area contributed by atoms with Crippen LogP contribution in [0.15, 0.2) is 36.5 Å². The van der Waals surface area contributed by atoms with Gasteiger partial charge in [0.15, 0.2) is 0 Å². The van der Waals surface area contributed by atoms with Crippen LogP contribution in [0.5, 0.6) is 11.6 Å². The van der Waals surface area contributed by atoms with Gasteiger partial charge in [-0.25, -0.2) is 4.98 Å². The van der Waals surface area contributed by atoms with Gasteiger partial charge < -0.3 is 15.2 Å². The number of pyridine rings is 1. The molecule has 0 aliphatic rings. The summed E-state index contributed by atoms with van der Waals surface area (Å²) < 4.78 is 45.3. The Labute approximate surface area is 113 Å². The van der Waals surface area contributed by atoms with Crippen molar-refractivity contribution in [2.75, 3.05) is 12.8 Å². The Hall–Kier alpha value is -2.44. The fraction of sp³-hybridized carbons (Fsp3) is 0.154. The zero-order valence-corrected chi connectivity index (χ0v) is 10.4. The predicted molar refractivity (Wildman–Crippen MR) is 67.3 cm³/mol. The fourth-order valence-corrected chi connectivity index (χ4v) is 1.64. The maximum absolute atomic E-state index is 12.2. The lowest BCUT2D eigenvalue weighted by Crippen LogP contribution is -2.17. The van der Waals surface area contributed by atoms with Gasteiger partial charge in [-0.3, -0.25) is 0 Å². The molecular formula is C13H11F3N2O2. The molecule has 1 aromatic heterocycles. The van der Waals surface area contributed by atoms with Crippen LogP contribution in [0.4, 0.5) is 18.9 Å². The van der Waals surface area contributed by atoms with Crippen LogP contribution in [-0.2, 0) is 0 Å². The number of nitrogens with two attached hydrogens (primary N) is 1. The minimum Gasteiger partial charge on any atom is -0.481 e. The van der Waals surface area contributed by atoms with E-state index in [9.17, 15) is 13.2 Å². The van der Waals surface area contributed by atoms with Gasteiger partial charge >= 0.3 is 6.36 Å². The number of hydrogen-bond acceptors (Lipinski definition) is 4. The minimum atomic E-state index is -4.74. The quantitative estimate of drug-likeness (QED) is 0.879. The summed E-state index contributed by atoms with van der Waals surface area (Å²) in [5.41, 5.74) is 7.06. The minimum absolute atomic E-state index is 0.325. The highest BCUT2D eigenvalue weighted by Gasteiger charge is 2.31. The first-order valence-electron chi connectivity index (χ1n) is 5.55. The summed E-state index contributed by atoms with van der Waals surface area (Å²) in [6.45, 7) is 0. The average molecular weight is 284 g/mol. The van der Waals surface area contributed by atoms with Gasteiger partial charge in [0, 0.05) is 29.1 Å². The maximum atomic E-state index is 12.2. The smallest absolute Gasteiger partial charge is 0.481 e. The van der Waals surface area contributed by atoms with Crippen molar-refractivity contribution in [3.63, 3.8) is 0 Å². The number of ether oxygens (including phenoxy) is 2. The third kappa shape index (κ3) is 3.31. The summed E-state index contributed by atoms with van der Waals surface area (Å²) in [4.78, 5) is 3.98. The Morgan fingerprint density at radius 2 is 1.90 bits per heavy atom. The third-order valence-electron chi connectivity index (χ3n) is 2.51. The molecule has 1 aromatic carbocycles. The number of alkyl halides is 3. The topological polar surface area (TPSA) is 57.4 Å². The molecule has 2 N–H and O–H groups in total. The van der Waals surface area contributed by atoms with Crippen LogP contribution in [-0.4, -0.2) is 18.5 Å². The standard InChI is InChI=1S/C13H11F3N2O2/c1-19-12-5-2-8(7-18-12)10-6-9(3-4-11(10)17)20-13(14,15)16/h2-7H,17H2,1H3. The summed E-state index contributed by atoms with van der Waals surface area (Å²) in [5, 5.41) is 0. The molecule has 106 valence electrons. The van der Waals surface area contributed by atoms with E-state index in [2.05, 4.69) is 9.72 Å². The highest BCUT2D eigenvalue weighted by Crippen LogP contribution is 2.32. The van der Waals surface area contributed by atoms with Gasteiger partial charge in [-0.2, -0.15) is 0 Å². The second-order valence-corrected chi connectivity index (χ2v) is 3.89. The van der Waals surface area contributed by atoms with Crippen molar-refractivity contribution in [3.05, 3.63) is 36.5 Å². The molecule has 4 nitrogen and oxygen atoms in total. The molecule has 0 aliphatic carbocycles. The molecule has 2 aromatic rings. The molecule has 0 saturated carbocycles. The zero-order chi connectivity index (χ0) is 14.8. The number of nitrogens with zero attached hydrogens (tertiary/aromatic N) is 1. The number of nitrogen functional groups attached to an aromatic ring is 1. The molecule has 0 radical (unpaired) electrons. The summed E-state index contributed by atoms with van der Waals surface area (Å²) in [6, 6.07) is 6.96. The van der Waals surface area contributed by atoms with E-state index in [-0.39, 0.29) is 5.75 Å². The second kappa shape index (κ2) is 5.28. The number of benzene rings is 1. The largest absolute Gasteiger partial charge is 0.573 e. The van der Waals surface area contributed by atoms with Gasteiger partial charge in [0.05, 0.1) is 7.11 Å². The van der Waals surface area contributed by atoms with Gasteiger partial charge in [-0.05, 0) is 24.3 Å². The van der Waals surface area contributed by atoms with Crippen molar-refractivity contribution in [2.24, 2.45) is 0 Å². The summed E-state index contributed by atoms with van der Waals surface area (Å²) >= 11 is 0. The van der Waals surface area contributed by atoms with E-state index in [0.717, 1.165) is 6.07 Å². The van der Waals surface area contributed by atoms with Gasteiger partial charge in [0.25, 0.3) is 0 Å². The lowest BCUT2D eigenvalue weighted by Gasteiger charge is -2.12. The van der Waals surface area contributed by atoms with Crippen LogP contribution in [0.1, 0.15) is 0 Å². The Kier molecular flexibility index (Phi) is 3.69. The predicted octanol–water partition coefficient (Wildman–Crippen LogP) is 3.24. The summed E-state index contributed by atoms with van der Waals surface area (Å²) in [6.07, 6.45) is -3.28. The molecule has 7 heteroatoms. The van der Waals surface area contributed by atoms with Gasteiger partial charge in [0.1, 0.15) is 5.75 Å². The van der Waals surface area contributed by atoms with Crippen molar-refractivity contribution in [1.29, 1.82) is 0 Å². The van der Waals surface area contributed by atoms with E-state index in [1.165, 1.54) is 25.4 Å². The van der Waals surface area contributed by atoms with Crippen molar-refractivity contribution in [3.8, 4) is 22.8 Å². The van der Waals surface area contributed by atoms with Crippen molar-refractivity contribution in [2.45, 2.75) is 6.36 Å². The average Bonchev–Trinajstić information content (AvgIpc) is 2.40. The van der Waals surface area contributed by atoms with Crippen LogP contribution in [0.2, 0.25) is 0 Å². The molecule has 0 bridgehead atoms. The normalized spacial score (nSPS) is 11.2. The fourth-order valence-electron chi connectivity index (χ4n) is 1.64. The molecule has 2 rings (SSSR count). The molecule has 0 aliphatic heterocycles. The van der Waals surface area contributed by atoms with Crippen LogP contribution in [0.3, 0.4) is 0 Å². The molecular weight excluding hydrogens is 273 g/mol. The Balaban J connectivity index is 2.36. The second-order valence-electron chi connectivity index (χ2n) is 3.89. The van der Waals surface area contributed by atoms with E-state index in [1.54, 1.807) is 12.1 Å². The van der Waals surface area contributed by atoms with Crippen LogP contribution in [0, 0.1) is 0 Å². The SMILES string of the molecule is COc1ccc(-c2cc(OC(F)(F)F)ccc2N)cn1. The highest BCUT2D eigenvalue weighted by atomic mass is 19.4. The van der Waals surface area contributed by atoms with E-state index >= 15 is 0 Å². The molecule has 0 atom stereocenters. The van der Waals surface area contributed by atoms with Gasteiger partial charge in [-0.1, -0.05) is 0 Å². The van der Waals surface area contributed by atoms with Gasteiger partial charge in [0.2, 0.25) is 5.88 Å². The number of hydrogen-bond donors (Lipinski definition) is 1. The number of rotatable bonds is 3. The van der Waals surface area contributed by atoms with Crippen molar-refractivity contribution < 1.29 is 22.6 Å². The first kappa shape index (κ1) is 14.0. The molecule has 0 amide bonds. The molecule has 0 saturated heterocycles. The molecule has 0 spiro atoms. The van der Waals surface area contributed by atoms with Crippen LogP contribution >= 0.6 is 0 Å². The molecule has 1 heterocycles. The maximum Gasteiger partial charge on any atom is 0.573 e. The number of halogens is 3. The Morgan fingerprint density at radius 1 is 1.15 bits per heavy atom. The number of anilines is 1. The monoisotopic (exact) mass is 284 g/mol. The number of methoxy groups -OCH3 is 1. The van der Waals surface area contributed by atoms with Gasteiger partial charge in [-0.15, -0.1) is 13.2 Å². The van der Waals surface area contributed by atoms with Crippen molar-refractivity contribution in [1.82, 2.24) is 4.98 Å². The van der Waals surface area contributed by atoms with E-state index < -0.39 is 6.36 Å². The first-order valence-corrected chi connectivity index (χ1v) is 5.55. The molecule has 0 unspecified atom stereocenters. The third-order valence-corrected chi connectivity index (χ3v) is 2.51. The van der Waals surface area contributed by atoms with Crippen LogP contribution < -0.4 is 15.2 Å². The zero-order valence-electron chi connectivity index (χ0n) is 10.4. The molecule has 0 fully saturated rings. The lowest BCUT2D eigenvalue weighted by atomic mass is 10.1. The highest BCUT2D eigenvalue weighted by molar-refractivity contribution is 5.77. The Bertz CT molecular complexity index is 598. The lowest BCUT2D eigenvalue weighted by molar-refractivity contribution is -0.274. The summed E-state index contributed by atoms with van der Waals surface area (Å²) in [7, 11) is 1.47.